The summed E-state index contributed by atoms with van der Waals surface area (Å²) in [6.07, 6.45) is 4.21. The Labute approximate surface area is 107 Å². The Balaban J connectivity index is 2.10. The monoisotopic (exact) mass is 248 g/mol. The van der Waals surface area contributed by atoms with Gasteiger partial charge in [0.25, 0.3) is 0 Å². The number of nitrogens with two attached hydrogens (primary N) is 1. The maximum atomic E-state index is 5.86. The molecule has 2 aromatic rings. The minimum atomic E-state index is 0.221. The molecule has 3 heteroatoms. The summed E-state index contributed by atoms with van der Waals surface area (Å²) in [7, 11) is 0. The van der Waals surface area contributed by atoms with Crippen molar-refractivity contribution in [2.24, 2.45) is 5.73 Å². The van der Waals surface area contributed by atoms with Gasteiger partial charge >= 0.3 is 0 Å². The summed E-state index contributed by atoms with van der Waals surface area (Å²) >= 11 is 1.91. The van der Waals surface area contributed by atoms with E-state index in [0.717, 1.165) is 19.4 Å². The molecule has 0 aliphatic carbocycles. The zero-order chi connectivity index (χ0) is 12.3. The van der Waals surface area contributed by atoms with Gasteiger partial charge in [0, 0.05) is 34.1 Å². The number of thiophene rings is 1. The molecule has 17 heavy (non-hydrogen) atoms. The van der Waals surface area contributed by atoms with Crippen LogP contribution in [0.25, 0.3) is 0 Å². The highest BCUT2D eigenvalue weighted by Crippen LogP contribution is 2.19. The molecular formula is C14H20N2S. The fourth-order valence-corrected chi connectivity index (χ4v) is 2.94. The Morgan fingerprint density at radius 2 is 2.06 bits per heavy atom. The lowest BCUT2D eigenvalue weighted by Gasteiger charge is -2.10. The van der Waals surface area contributed by atoms with Gasteiger partial charge in [0.15, 0.2) is 0 Å². The highest BCUT2D eigenvalue weighted by Gasteiger charge is 2.05. The van der Waals surface area contributed by atoms with Crippen LogP contribution in [0.5, 0.6) is 0 Å². The number of nitrogens with zero attached hydrogens (tertiary/aromatic N) is 1. The molecule has 0 aliphatic rings. The van der Waals surface area contributed by atoms with E-state index < -0.39 is 0 Å². The maximum Gasteiger partial charge on any atom is 0.0566 e. The molecule has 2 N–H and O–H groups in total. The van der Waals surface area contributed by atoms with Crippen molar-refractivity contribution in [2.75, 3.05) is 0 Å². The van der Waals surface area contributed by atoms with Crippen molar-refractivity contribution in [2.45, 2.75) is 39.3 Å². The van der Waals surface area contributed by atoms with E-state index in [9.17, 15) is 0 Å². The molecule has 0 amide bonds. The lowest BCUT2D eigenvalue weighted by molar-refractivity contribution is 0.669. The average Bonchev–Trinajstić information content (AvgIpc) is 2.89. The van der Waals surface area contributed by atoms with E-state index in [2.05, 4.69) is 48.9 Å². The largest absolute Gasteiger partial charge is 0.346 e. The molecule has 92 valence electrons. The van der Waals surface area contributed by atoms with Gasteiger partial charge in [0.2, 0.25) is 0 Å². The highest BCUT2D eigenvalue weighted by molar-refractivity contribution is 7.11. The second-order valence-corrected chi connectivity index (χ2v) is 5.78. The van der Waals surface area contributed by atoms with Crippen molar-refractivity contribution >= 4 is 11.3 Å². The molecule has 0 spiro atoms. The Hall–Kier alpha value is -1.06. The topological polar surface area (TPSA) is 30.9 Å². The van der Waals surface area contributed by atoms with E-state index in [1.807, 2.05) is 11.3 Å². The van der Waals surface area contributed by atoms with Crippen LogP contribution in [-0.2, 0) is 19.4 Å². The minimum Gasteiger partial charge on any atom is -0.346 e. The number of hydrogen-bond acceptors (Lipinski definition) is 2. The van der Waals surface area contributed by atoms with Gasteiger partial charge in [-0.1, -0.05) is 6.92 Å². The molecular weight excluding hydrogens is 228 g/mol. The van der Waals surface area contributed by atoms with Gasteiger partial charge < -0.3 is 10.3 Å². The molecule has 0 saturated heterocycles. The van der Waals surface area contributed by atoms with E-state index >= 15 is 0 Å². The summed E-state index contributed by atoms with van der Waals surface area (Å²) in [5, 5.41) is 0. The van der Waals surface area contributed by atoms with Gasteiger partial charge in [-0.3, -0.25) is 0 Å². The highest BCUT2D eigenvalue weighted by atomic mass is 32.1. The van der Waals surface area contributed by atoms with Crippen molar-refractivity contribution < 1.29 is 0 Å². The molecule has 1 unspecified atom stereocenters. The first-order chi connectivity index (χ1) is 8.19. The van der Waals surface area contributed by atoms with Gasteiger partial charge in [-0.15, -0.1) is 11.3 Å². The zero-order valence-corrected chi connectivity index (χ0v) is 11.3. The van der Waals surface area contributed by atoms with Gasteiger partial charge in [0.05, 0.1) is 6.54 Å². The van der Waals surface area contributed by atoms with Crippen molar-refractivity contribution in [3.63, 3.8) is 0 Å². The van der Waals surface area contributed by atoms with E-state index in [-0.39, 0.29) is 6.04 Å². The molecule has 1 atom stereocenters. The smallest absolute Gasteiger partial charge is 0.0566 e. The van der Waals surface area contributed by atoms with Crippen LogP contribution in [0.15, 0.2) is 30.5 Å². The predicted octanol–water partition coefficient (Wildman–Crippen LogP) is 3.05. The number of rotatable bonds is 5. The number of aryl methyl sites for hydroxylation is 1. The Bertz CT molecular complexity index is 468. The summed E-state index contributed by atoms with van der Waals surface area (Å²) in [4.78, 5) is 2.88. The van der Waals surface area contributed by atoms with Crippen molar-refractivity contribution in [3.8, 4) is 0 Å². The molecule has 2 nitrogen and oxygen atoms in total. The molecule has 2 heterocycles. The third-order valence-corrected chi connectivity index (χ3v) is 4.06. The van der Waals surface area contributed by atoms with Gasteiger partial charge in [0.1, 0.15) is 0 Å². The molecule has 0 aliphatic heterocycles. The molecule has 0 saturated carbocycles. The first-order valence-corrected chi connectivity index (χ1v) is 6.98. The molecule has 0 bridgehead atoms. The summed E-state index contributed by atoms with van der Waals surface area (Å²) in [5.41, 5.74) is 7.19. The van der Waals surface area contributed by atoms with E-state index in [1.54, 1.807) is 0 Å². The summed E-state index contributed by atoms with van der Waals surface area (Å²) < 4.78 is 2.30. The lowest BCUT2D eigenvalue weighted by Crippen LogP contribution is -2.19. The standard InChI is InChI=1S/C14H20N2S/c1-3-13-6-7-14(17-13)10-16-8-4-5-12(16)9-11(2)15/h4-8,11H,3,9-10,15H2,1-2H3. The zero-order valence-electron chi connectivity index (χ0n) is 10.5. The lowest BCUT2D eigenvalue weighted by atomic mass is 10.2. The minimum absolute atomic E-state index is 0.221. The first-order valence-electron chi connectivity index (χ1n) is 6.16. The molecule has 0 fully saturated rings. The third kappa shape index (κ3) is 3.20. The second-order valence-electron chi connectivity index (χ2n) is 4.53. The second kappa shape index (κ2) is 5.52. The van der Waals surface area contributed by atoms with Crippen LogP contribution < -0.4 is 5.73 Å². The maximum absolute atomic E-state index is 5.86. The van der Waals surface area contributed by atoms with E-state index in [0.29, 0.717) is 0 Å². The van der Waals surface area contributed by atoms with Gasteiger partial charge in [-0.2, -0.15) is 0 Å². The van der Waals surface area contributed by atoms with Crippen LogP contribution in [0.3, 0.4) is 0 Å². The predicted molar refractivity (Wildman–Crippen MR) is 74.6 cm³/mol. The normalized spacial score (nSPS) is 12.9. The van der Waals surface area contributed by atoms with Crippen LogP contribution in [0, 0.1) is 0 Å². The van der Waals surface area contributed by atoms with Crippen LogP contribution in [0.4, 0.5) is 0 Å². The number of hydrogen-bond donors (Lipinski definition) is 1. The van der Waals surface area contributed by atoms with E-state index in [1.165, 1.54) is 15.4 Å². The summed E-state index contributed by atoms with van der Waals surface area (Å²) in [6.45, 7) is 5.23. The molecule has 0 aromatic carbocycles. The van der Waals surface area contributed by atoms with Crippen LogP contribution in [0.1, 0.15) is 29.3 Å². The fraction of sp³-hybridized carbons (Fsp3) is 0.429. The SMILES string of the molecule is CCc1ccc(Cn2cccc2CC(C)N)s1. The van der Waals surface area contributed by atoms with Crippen LogP contribution in [-0.4, -0.2) is 10.6 Å². The van der Waals surface area contributed by atoms with Crippen molar-refractivity contribution in [1.29, 1.82) is 0 Å². The first kappa shape index (κ1) is 12.4. The summed E-state index contributed by atoms with van der Waals surface area (Å²) in [6, 6.07) is 8.95. The molecule has 0 radical (unpaired) electrons. The van der Waals surface area contributed by atoms with Crippen LogP contribution >= 0.6 is 11.3 Å². The third-order valence-electron chi connectivity index (χ3n) is 2.85. The quantitative estimate of drug-likeness (QED) is 0.866. The fourth-order valence-electron chi connectivity index (χ4n) is 1.98. The average molecular weight is 248 g/mol. The Kier molecular flexibility index (Phi) is 4.02. The van der Waals surface area contributed by atoms with Crippen molar-refractivity contribution in [1.82, 2.24) is 4.57 Å². The number of aromatic nitrogens is 1. The van der Waals surface area contributed by atoms with Gasteiger partial charge in [-0.05, 0) is 37.6 Å². The summed E-state index contributed by atoms with van der Waals surface area (Å²) in [5.74, 6) is 0. The Morgan fingerprint density at radius 1 is 1.29 bits per heavy atom. The molecule has 2 aromatic heterocycles. The van der Waals surface area contributed by atoms with Crippen molar-refractivity contribution in [3.05, 3.63) is 45.9 Å². The van der Waals surface area contributed by atoms with Crippen LogP contribution in [0.2, 0.25) is 0 Å². The Morgan fingerprint density at radius 3 is 2.71 bits per heavy atom. The van der Waals surface area contributed by atoms with Gasteiger partial charge in [-0.25, -0.2) is 0 Å². The molecule has 2 rings (SSSR count). The van der Waals surface area contributed by atoms with E-state index in [4.69, 9.17) is 5.73 Å².